The van der Waals surface area contributed by atoms with Crippen LogP contribution in [0, 0.1) is 28.9 Å². The molecule has 4 heteroatoms. The van der Waals surface area contributed by atoms with Gasteiger partial charge in [0.2, 0.25) is 0 Å². The van der Waals surface area contributed by atoms with Gasteiger partial charge in [0.1, 0.15) is 11.6 Å². The van der Waals surface area contributed by atoms with Gasteiger partial charge >= 0.3 is 0 Å². The van der Waals surface area contributed by atoms with Crippen LogP contribution in [0.4, 0.5) is 8.78 Å². The fraction of sp³-hybridized carbons (Fsp3) is 0.647. The zero-order valence-electron chi connectivity index (χ0n) is 13.1. The fourth-order valence-corrected chi connectivity index (χ4v) is 3.58. The van der Waals surface area contributed by atoms with Gasteiger partial charge in [-0.05, 0) is 60.6 Å². The molecule has 1 atom stereocenters. The van der Waals surface area contributed by atoms with E-state index in [2.05, 4.69) is 26.2 Å². The smallest absolute Gasteiger partial charge is 0.126 e. The summed E-state index contributed by atoms with van der Waals surface area (Å²) in [6, 6.07) is 3.47. The van der Waals surface area contributed by atoms with Gasteiger partial charge in [0.05, 0.1) is 0 Å². The molecular formula is C17H26F2N2. The van der Waals surface area contributed by atoms with Crippen LogP contribution < -0.4 is 11.3 Å². The largest absolute Gasteiger partial charge is 0.271 e. The van der Waals surface area contributed by atoms with Crippen molar-refractivity contribution in [2.45, 2.75) is 52.5 Å². The third kappa shape index (κ3) is 4.01. The van der Waals surface area contributed by atoms with Crippen LogP contribution in [0.3, 0.4) is 0 Å². The van der Waals surface area contributed by atoms with Crippen molar-refractivity contribution in [1.82, 2.24) is 5.43 Å². The number of benzene rings is 1. The summed E-state index contributed by atoms with van der Waals surface area (Å²) in [7, 11) is 0. The Morgan fingerprint density at radius 3 is 2.00 bits per heavy atom. The Morgan fingerprint density at radius 1 is 1.05 bits per heavy atom. The standard InChI is InChI=1S/C17H26F2N2/c1-17(2,3)13-6-4-11(5-7-13)16(21-20)12-8-14(18)10-15(19)9-12/h8-11,13,16,21H,4-7,20H2,1-3H3. The minimum Gasteiger partial charge on any atom is -0.271 e. The van der Waals surface area contributed by atoms with Gasteiger partial charge in [0.25, 0.3) is 0 Å². The number of rotatable bonds is 3. The molecule has 118 valence electrons. The normalized spacial score (nSPS) is 24.9. The molecule has 1 saturated carbocycles. The molecule has 0 saturated heterocycles. The maximum absolute atomic E-state index is 13.4. The monoisotopic (exact) mass is 296 g/mol. The number of hydrogen-bond donors (Lipinski definition) is 2. The first-order valence-corrected chi connectivity index (χ1v) is 7.73. The summed E-state index contributed by atoms with van der Waals surface area (Å²) in [5.74, 6) is 5.60. The Kier molecular flexibility index (Phi) is 4.99. The fourth-order valence-electron chi connectivity index (χ4n) is 3.58. The van der Waals surface area contributed by atoms with Crippen LogP contribution in [-0.4, -0.2) is 0 Å². The highest BCUT2D eigenvalue weighted by Gasteiger charge is 2.33. The Labute approximate surface area is 126 Å². The molecule has 1 unspecified atom stereocenters. The van der Waals surface area contributed by atoms with Crippen molar-refractivity contribution in [1.29, 1.82) is 0 Å². The van der Waals surface area contributed by atoms with Crippen LogP contribution >= 0.6 is 0 Å². The first kappa shape index (κ1) is 16.4. The maximum Gasteiger partial charge on any atom is 0.126 e. The van der Waals surface area contributed by atoms with E-state index in [9.17, 15) is 8.78 Å². The summed E-state index contributed by atoms with van der Waals surface area (Å²) < 4.78 is 26.8. The SMILES string of the molecule is CC(C)(C)C1CCC(C(NN)c2cc(F)cc(F)c2)CC1. The molecule has 21 heavy (non-hydrogen) atoms. The van der Waals surface area contributed by atoms with Crippen molar-refractivity contribution >= 4 is 0 Å². The molecule has 1 aromatic rings. The maximum atomic E-state index is 13.4. The van der Waals surface area contributed by atoms with Gasteiger partial charge in [-0.1, -0.05) is 20.8 Å². The first-order valence-electron chi connectivity index (χ1n) is 7.73. The molecule has 1 aliphatic rings. The molecule has 2 rings (SSSR count). The van der Waals surface area contributed by atoms with Gasteiger partial charge < -0.3 is 0 Å². The average molecular weight is 296 g/mol. The van der Waals surface area contributed by atoms with Crippen molar-refractivity contribution in [3.05, 3.63) is 35.4 Å². The second-order valence-electron chi connectivity index (χ2n) is 7.32. The quantitative estimate of drug-likeness (QED) is 0.644. The van der Waals surface area contributed by atoms with E-state index in [-0.39, 0.29) is 6.04 Å². The third-order valence-corrected chi connectivity index (χ3v) is 4.89. The molecule has 0 heterocycles. The van der Waals surface area contributed by atoms with E-state index in [1.165, 1.54) is 12.1 Å². The summed E-state index contributed by atoms with van der Waals surface area (Å²) in [5.41, 5.74) is 3.69. The highest BCUT2D eigenvalue weighted by atomic mass is 19.1. The van der Waals surface area contributed by atoms with Gasteiger partial charge in [-0.25, -0.2) is 8.78 Å². The minimum absolute atomic E-state index is 0.184. The van der Waals surface area contributed by atoms with E-state index in [4.69, 9.17) is 5.84 Å². The average Bonchev–Trinajstić information content (AvgIpc) is 2.38. The van der Waals surface area contributed by atoms with Gasteiger partial charge in [-0.15, -0.1) is 0 Å². The molecule has 1 aromatic carbocycles. The van der Waals surface area contributed by atoms with Crippen LogP contribution in [-0.2, 0) is 0 Å². The number of hydrogen-bond acceptors (Lipinski definition) is 2. The highest BCUT2D eigenvalue weighted by Crippen LogP contribution is 2.43. The molecule has 2 nitrogen and oxygen atoms in total. The Hall–Kier alpha value is -1.00. The molecule has 1 fully saturated rings. The van der Waals surface area contributed by atoms with E-state index in [0.717, 1.165) is 31.7 Å². The first-order chi connectivity index (χ1) is 9.81. The Morgan fingerprint density at radius 2 is 1.57 bits per heavy atom. The summed E-state index contributed by atoms with van der Waals surface area (Å²) in [5, 5.41) is 0. The second-order valence-corrected chi connectivity index (χ2v) is 7.32. The predicted octanol–water partition coefficient (Wildman–Crippen LogP) is 4.32. The van der Waals surface area contributed by atoms with E-state index in [1.54, 1.807) is 0 Å². The van der Waals surface area contributed by atoms with E-state index in [1.807, 2.05) is 0 Å². The molecule has 1 aliphatic carbocycles. The summed E-state index contributed by atoms with van der Waals surface area (Å²) in [6.07, 6.45) is 4.36. The van der Waals surface area contributed by atoms with Crippen molar-refractivity contribution in [3.8, 4) is 0 Å². The number of hydrazine groups is 1. The lowest BCUT2D eigenvalue weighted by Crippen LogP contribution is -2.37. The predicted molar refractivity (Wildman–Crippen MR) is 81.3 cm³/mol. The number of nitrogens with two attached hydrogens (primary N) is 1. The minimum atomic E-state index is -0.548. The summed E-state index contributed by atoms with van der Waals surface area (Å²) >= 11 is 0. The van der Waals surface area contributed by atoms with E-state index >= 15 is 0 Å². The highest BCUT2D eigenvalue weighted by molar-refractivity contribution is 5.22. The van der Waals surface area contributed by atoms with Crippen molar-refractivity contribution in [2.75, 3.05) is 0 Å². The molecular weight excluding hydrogens is 270 g/mol. The van der Waals surface area contributed by atoms with Crippen LogP contribution in [0.1, 0.15) is 58.1 Å². The van der Waals surface area contributed by atoms with Crippen LogP contribution in [0.25, 0.3) is 0 Å². The molecule has 0 bridgehead atoms. The third-order valence-electron chi connectivity index (χ3n) is 4.89. The zero-order chi connectivity index (χ0) is 15.6. The lowest BCUT2D eigenvalue weighted by atomic mass is 9.68. The van der Waals surface area contributed by atoms with Gasteiger partial charge in [-0.3, -0.25) is 11.3 Å². The Balaban J connectivity index is 2.09. The topological polar surface area (TPSA) is 38.0 Å². The van der Waals surface area contributed by atoms with Crippen LogP contribution in [0.2, 0.25) is 0 Å². The zero-order valence-corrected chi connectivity index (χ0v) is 13.1. The van der Waals surface area contributed by atoms with Gasteiger partial charge in [0.15, 0.2) is 0 Å². The molecule has 0 radical (unpaired) electrons. The van der Waals surface area contributed by atoms with Crippen LogP contribution in [0.5, 0.6) is 0 Å². The lowest BCUT2D eigenvalue weighted by molar-refractivity contribution is 0.132. The molecule has 0 aromatic heterocycles. The summed E-state index contributed by atoms with van der Waals surface area (Å²) in [4.78, 5) is 0. The van der Waals surface area contributed by atoms with Crippen LogP contribution in [0.15, 0.2) is 18.2 Å². The lowest BCUT2D eigenvalue weighted by Gasteiger charge is -2.39. The number of halogens is 2. The van der Waals surface area contributed by atoms with Crippen molar-refractivity contribution in [3.63, 3.8) is 0 Å². The van der Waals surface area contributed by atoms with Crippen molar-refractivity contribution in [2.24, 2.45) is 23.1 Å². The molecule has 3 N–H and O–H groups in total. The van der Waals surface area contributed by atoms with Gasteiger partial charge in [0, 0.05) is 12.1 Å². The molecule has 0 spiro atoms. The van der Waals surface area contributed by atoms with Crippen molar-refractivity contribution < 1.29 is 8.78 Å². The number of nitrogens with one attached hydrogen (secondary N) is 1. The molecule has 0 amide bonds. The summed E-state index contributed by atoms with van der Waals surface area (Å²) in [6.45, 7) is 6.83. The molecule has 0 aliphatic heterocycles. The van der Waals surface area contributed by atoms with E-state index in [0.29, 0.717) is 22.8 Å². The van der Waals surface area contributed by atoms with Gasteiger partial charge in [-0.2, -0.15) is 0 Å². The Bertz CT molecular complexity index is 454. The van der Waals surface area contributed by atoms with E-state index < -0.39 is 11.6 Å². The second kappa shape index (κ2) is 6.41.